The molecule has 0 saturated carbocycles. The molecule has 32 heavy (non-hydrogen) atoms. The quantitative estimate of drug-likeness (QED) is 0.505. The van der Waals surface area contributed by atoms with Crippen LogP contribution in [0.1, 0.15) is 12.0 Å². The van der Waals surface area contributed by atoms with E-state index in [0.29, 0.717) is 34.5 Å². The minimum absolute atomic E-state index is 0.000275. The van der Waals surface area contributed by atoms with Crippen LogP contribution >= 0.6 is 23.8 Å². The topological polar surface area (TPSA) is 52.7 Å². The van der Waals surface area contributed by atoms with Crippen molar-refractivity contribution in [2.24, 2.45) is 0 Å². The van der Waals surface area contributed by atoms with Crippen LogP contribution in [0.4, 0.5) is 11.4 Å². The predicted octanol–water partition coefficient (Wildman–Crippen LogP) is 4.91. The van der Waals surface area contributed by atoms with Crippen LogP contribution in [0.5, 0.6) is 0 Å². The number of halogens is 1. The number of carbonyl (C=O) groups is 2. The van der Waals surface area contributed by atoms with Crippen LogP contribution in [0.2, 0.25) is 5.02 Å². The van der Waals surface area contributed by atoms with Gasteiger partial charge in [0.15, 0.2) is 5.11 Å². The minimum atomic E-state index is -0.668. The summed E-state index contributed by atoms with van der Waals surface area (Å²) < 4.78 is 0. The van der Waals surface area contributed by atoms with Gasteiger partial charge in [-0.1, -0.05) is 60.1 Å². The Kier molecular flexibility index (Phi) is 6.83. The molecule has 0 bridgehead atoms. The van der Waals surface area contributed by atoms with Crippen LogP contribution in [0.25, 0.3) is 0 Å². The first-order valence-electron chi connectivity index (χ1n) is 10.3. The zero-order valence-electron chi connectivity index (χ0n) is 17.3. The zero-order chi connectivity index (χ0) is 22.5. The summed E-state index contributed by atoms with van der Waals surface area (Å²) in [5, 5.41) is 3.85. The van der Waals surface area contributed by atoms with Crippen LogP contribution in [0, 0.1) is 0 Å². The summed E-state index contributed by atoms with van der Waals surface area (Å²) in [7, 11) is 0. The summed E-state index contributed by atoms with van der Waals surface area (Å²) in [5.74, 6) is -0.450. The monoisotopic (exact) mass is 463 g/mol. The number of benzene rings is 3. The van der Waals surface area contributed by atoms with E-state index in [9.17, 15) is 9.59 Å². The summed E-state index contributed by atoms with van der Waals surface area (Å²) in [6.45, 7) is 0.539. The van der Waals surface area contributed by atoms with E-state index in [1.54, 1.807) is 24.3 Å². The third-order valence-corrected chi connectivity index (χ3v) is 5.99. The van der Waals surface area contributed by atoms with Gasteiger partial charge in [0.2, 0.25) is 5.91 Å². The molecule has 162 valence electrons. The van der Waals surface area contributed by atoms with Gasteiger partial charge >= 0.3 is 0 Å². The molecule has 1 fully saturated rings. The van der Waals surface area contributed by atoms with Crippen molar-refractivity contribution in [1.29, 1.82) is 0 Å². The summed E-state index contributed by atoms with van der Waals surface area (Å²) >= 11 is 11.6. The molecule has 1 heterocycles. The SMILES string of the molecule is O=C(CC1C(=O)N(c2ccccc2)C(=S)N1CCc1ccccc1)Nc1ccc(Cl)cc1. The van der Waals surface area contributed by atoms with E-state index in [1.807, 2.05) is 65.6 Å². The molecule has 2 amide bonds. The fourth-order valence-electron chi connectivity index (χ4n) is 3.72. The second-order valence-corrected chi connectivity index (χ2v) is 8.30. The molecule has 5 nitrogen and oxygen atoms in total. The minimum Gasteiger partial charge on any atom is -0.336 e. The van der Waals surface area contributed by atoms with Gasteiger partial charge in [-0.2, -0.15) is 0 Å². The molecule has 1 atom stereocenters. The first-order valence-corrected chi connectivity index (χ1v) is 11.1. The highest BCUT2D eigenvalue weighted by Crippen LogP contribution is 2.27. The van der Waals surface area contributed by atoms with Gasteiger partial charge < -0.3 is 10.2 Å². The van der Waals surface area contributed by atoms with E-state index in [0.717, 1.165) is 5.56 Å². The molecule has 1 aliphatic rings. The Morgan fingerprint density at radius 1 is 0.938 bits per heavy atom. The zero-order valence-corrected chi connectivity index (χ0v) is 18.9. The van der Waals surface area contributed by atoms with E-state index in [1.165, 1.54) is 4.90 Å². The first-order chi connectivity index (χ1) is 15.5. The number of nitrogens with one attached hydrogen (secondary N) is 1. The number of hydrogen-bond donors (Lipinski definition) is 1. The number of anilines is 2. The Balaban J connectivity index is 1.54. The van der Waals surface area contributed by atoms with Crippen LogP contribution in [0.3, 0.4) is 0 Å². The maximum absolute atomic E-state index is 13.4. The maximum Gasteiger partial charge on any atom is 0.256 e. The van der Waals surface area contributed by atoms with E-state index >= 15 is 0 Å². The normalized spacial score (nSPS) is 15.8. The average Bonchev–Trinajstić information content (AvgIpc) is 3.04. The Morgan fingerprint density at radius 2 is 1.56 bits per heavy atom. The summed E-state index contributed by atoms with van der Waals surface area (Å²) in [5.41, 5.74) is 2.47. The molecule has 4 rings (SSSR count). The van der Waals surface area contributed by atoms with Gasteiger partial charge in [0.25, 0.3) is 5.91 Å². The molecule has 0 aromatic heterocycles. The summed E-state index contributed by atoms with van der Waals surface area (Å²) in [4.78, 5) is 29.5. The molecule has 1 aliphatic heterocycles. The lowest BCUT2D eigenvalue weighted by atomic mass is 10.1. The fraction of sp³-hybridized carbons (Fsp3) is 0.160. The van der Waals surface area contributed by atoms with Crippen LogP contribution in [-0.4, -0.2) is 34.4 Å². The number of nitrogens with zero attached hydrogens (tertiary/aromatic N) is 2. The molecule has 3 aromatic carbocycles. The molecule has 7 heteroatoms. The number of thiocarbonyl (C=S) groups is 1. The van der Waals surface area contributed by atoms with Crippen molar-refractivity contribution in [1.82, 2.24) is 4.90 Å². The van der Waals surface area contributed by atoms with Gasteiger partial charge in [0, 0.05) is 17.3 Å². The molecular weight excluding hydrogens is 442 g/mol. The lowest BCUT2D eigenvalue weighted by Crippen LogP contribution is -2.39. The first kappa shape index (κ1) is 22.0. The smallest absolute Gasteiger partial charge is 0.256 e. The Labute approximate surface area is 197 Å². The molecular formula is C25H22ClN3O2S. The van der Waals surface area contributed by atoms with Crippen molar-refractivity contribution in [2.45, 2.75) is 18.9 Å². The average molecular weight is 464 g/mol. The predicted molar refractivity (Wildman–Crippen MR) is 132 cm³/mol. The highest BCUT2D eigenvalue weighted by molar-refractivity contribution is 7.80. The van der Waals surface area contributed by atoms with Gasteiger partial charge in [-0.3, -0.25) is 14.5 Å². The molecule has 0 spiro atoms. The van der Waals surface area contributed by atoms with Gasteiger partial charge in [-0.05, 0) is 60.6 Å². The van der Waals surface area contributed by atoms with Gasteiger partial charge in [-0.15, -0.1) is 0 Å². The summed E-state index contributed by atoms with van der Waals surface area (Å²) in [6.07, 6.45) is 0.714. The molecule has 1 unspecified atom stereocenters. The molecule has 1 N–H and O–H groups in total. The lowest BCUT2D eigenvalue weighted by molar-refractivity contribution is -0.124. The number of para-hydroxylation sites is 1. The molecule has 1 saturated heterocycles. The second kappa shape index (κ2) is 9.94. The van der Waals surface area contributed by atoms with Crippen molar-refractivity contribution < 1.29 is 9.59 Å². The fourth-order valence-corrected chi connectivity index (χ4v) is 4.26. The lowest BCUT2D eigenvalue weighted by Gasteiger charge is -2.24. The van der Waals surface area contributed by atoms with Crippen molar-refractivity contribution >= 4 is 52.1 Å². The Hall–Kier alpha value is -3.22. The number of amides is 2. The standard InChI is InChI=1S/C25H22ClN3O2S/c26-19-11-13-20(14-12-19)27-23(30)17-22-24(31)29(21-9-5-2-6-10-21)25(32)28(22)16-15-18-7-3-1-4-8-18/h1-14,22H,15-17H2,(H,27,30). The van der Waals surface area contributed by atoms with Gasteiger partial charge in [0.1, 0.15) is 6.04 Å². The van der Waals surface area contributed by atoms with E-state index in [4.69, 9.17) is 23.8 Å². The van der Waals surface area contributed by atoms with Crippen LogP contribution in [0.15, 0.2) is 84.9 Å². The molecule has 3 aromatic rings. The maximum atomic E-state index is 13.4. The summed E-state index contributed by atoms with van der Waals surface area (Å²) in [6, 6.07) is 25.5. The molecule has 0 aliphatic carbocycles. The second-order valence-electron chi connectivity index (χ2n) is 7.50. The van der Waals surface area contributed by atoms with Crippen LogP contribution < -0.4 is 10.2 Å². The largest absolute Gasteiger partial charge is 0.336 e. The van der Waals surface area contributed by atoms with Crippen molar-refractivity contribution in [3.63, 3.8) is 0 Å². The van der Waals surface area contributed by atoms with Crippen molar-refractivity contribution in [2.75, 3.05) is 16.8 Å². The van der Waals surface area contributed by atoms with E-state index in [2.05, 4.69) is 5.32 Å². The third kappa shape index (κ3) is 4.98. The van der Waals surface area contributed by atoms with Crippen LogP contribution in [-0.2, 0) is 16.0 Å². The highest BCUT2D eigenvalue weighted by atomic mass is 35.5. The molecule has 0 radical (unpaired) electrons. The van der Waals surface area contributed by atoms with E-state index in [-0.39, 0.29) is 18.2 Å². The third-order valence-electron chi connectivity index (χ3n) is 5.32. The van der Waals surface area contributed by atoms with Crippen molar-refractivity contribution in [3.8, 4) is 0 Å². The Bertz CT molecular complexity index is 1110. The number of rotatable bonds is 7. The van der Waals surface area contributed by atoms with E-state index < -0.39 is 6.04 Å². The Morgan fingerprint density at radius 3 is 2.22 bits per heavy atom. The number of carbonyl (C=O) groups excluding carboxylic acids is 2. The van der Waals surface area contributed by atoms with Crippen molar-refractivity contribution in [3.05, 3.63) is 95.5 Å². The number of hydrogen-bond acceptors (Lipinski definition) is 3. The van der Waals surface area contributed by atoms with Gasteiger partial charge in [0.05, 0.1) is 12.1 Å². The van der Waals surface area contributed by atoms with Gasteiger partial charge in [-0.25, -0.2) is 0 Å². The highest BCUT2D eigenvalue weighted by Gasteiger charge is 2.43.